The van der Waals surface area contributed by atoms with Crippen molar-refractivity contribution in [3.63, 3.8) is 0 Å². The molecule has 0 aliphatic carbocycles. The lowest BCUT2D eigenvalue weighted by Crippen LogP contribution is -2.26. The van der Waals surface area contributed by atoms with Gasteiger partial charge in [-0.25, -0.2) is 4.98 Å². The maximum atomic E-state index is 12.2. The number of anilines is 2. The fraction of sp³-hybridized carbons (Fsp3) is 0.0769. The third-order valence-electron chi connectivity index (χ3n) is 2.55. The Kier molecular flexibility index (Phi) is 3.62. The molecule has 1 amide bonds. The van der Waals surface area contributed by atoms with Crippen molar-refractivity contribution in [2.45, 2.75) is 0 Å². The van der Waals surface area contributed by atoms with E-state index >= 15 is 0 Å². The average Bonchev–Trinajstić information content (AvgIpc) is 2.39. The van der Waals surface area contributed by atoms with Gasteiger partial charge in [-0.05, 0) is 36.4 Å². The Morgan fingerprint density at radius 1 is 1.22 bits per heavy atom. The van der Waals surface area contributed by atoms with Gasteiger partial charge in [-0.1, -0.05) is 15.9 Å². The van der Waals surface area contributed by atoms with Crippen molar-refractivity contribution in [1.82, 2.24) is 4.98 Å². The van der Waals surface area contributed by atoms with Crippen LogP contribution in [-0.4, -0.2) is 17.9 Å². The zero-order valence-corrected chi connectivity index (χ0v) is 11.4. The van der Waals surface area contributed by atoms with Crippen LogP contribution in [0.2, 0.25) is 0 Å². The zero-order valence-electron chi connectivity index (χ0n) is 9.80. The highest BCUT2D eigenvalue weighted by molar-refractivity contribution is 9.10. The van der Waals surface area contributed by atoms with Gasteiger partial charge in [-0.3, -0.25) is 4.79 Å². The quantitative estimate of drug-likeness (QED) is 0.928. The van der Waals surface area contributed by atoms with Gasteiger partial charge in [0.05, 0.1) is 11.9 Å². The molecular weight excluding hydrogens is 294 g/mol. The fourth-order valence-corrected chi connectivity index (χ4v) is 1.76. The molecule has 92 valence electrons. The molecule has 18 heavy (non-hydrogen) atoms. The van der Waals surface area contributed by atoms with E-state index in [0.29, 0.717) is 17.1 Å². The summed E-state index contributed by atoms with van der Waals surface area (Å²) in [6.07, 6.45) is 1.58. The number of nitrogen functional groups attached to an aromatic ring is 1. The molecule has 0 radical (unpaired) electrons. The van der Waals surface area contributed by atoms with Crippen molar-refractivity contribution >= 4 is 33.3 Å². The molecular formula is C13H12BrN3O. The molecule has 0 saturated heterocycles. The first kappa shape index (κ1) is 12.6. The first-order valence-corrected chi connectivity index (χ1v) is 6.12. The van der Waals surface area contributed by atoms with Gasteiger partial charge in [0.25, 0.3) is 5.91 Å². The normalized spacial score (nSPS) is 10.1. The minimum Gasteiger partial charge on any atom is -0.384 e. The standard InChI is InChI=1S/C13H12BrN3O/c1-17(11-6-7-12(15)16-8-11)13(18)9-2-4-10(14)5-3-9/h2-8H,1H3,(H2,15,16). The lowest BCUT2D eigenvalue weighted by atomic mass is 10.2. The summed E-state index contributed by atoms with van der Waals surface area (Å²) < 4.78 is 0.941. The number of pyridine rings is 1. The Morgan fingerprint density at radius 2 is 1.89 bits per heavy atom. The van der Waals surface area contributed by atoms with E-state index in [1.807, 2.05) is 12.1 Å². The lowest BCUT2D eigenvalue weighted by molar-refractivity contribution is 0.0993. The van der Waals surface area contributed by atoms with Crippen LogP contribution in [0, 0.1) is 0 Å². The van der Waals surface area contributed by atoms with Crippen molar-refractivity contribution in [1.29, 1.82) is 0 Å². The van der Waals surface area contributed by atoms with Crippen molar-refractivity contribution in [2.24, 2.45) is 0 Å². The fourth-order valence-electron chi connectivity index (χ4n) is 1.50. The predicted molar refractivity (Wildman–Crippen MR) is 75.5 cm³/mol. The maximum absolute atomic E-state index is 12.2. The molecule has 0 saturated carbocycles. The molecule has 0 unspecified atom stereocenters. The van der Waals surface area contributed by atoms with Crippen LogP contribution in [-0.2, 0) is 0 Å². The van der Waals surface area contributed by atoms with Crippen molar-refractivity contribution in [3.8, 4) is 0 Å². The van der Waals surface area contributed by atoms with Crippen LogP contribution in [0.4, 0.5) is 11.5 Å². The van der Waals surface area contributed by atoms with Crippen LogP contribution in [0.25, 0.3) is 0 Å². The van der Waals surface area contributed by atoms with E-state index in [1.165, 1.54) is 4.90 Å². The number of nitrogens with two attached hydrogens (primary N) is 1. The second-order valence-electron chi connectivity index (χ2n) is 3.81. The number of nitrogens with zero attached hydrogens (tertiary/aromatic N) is 2. The summed E-state index contributed by atoms with van der Waals surface area (Å²) in [6, 6.07) is 10.6. The molecule has 0 aliphatic rings. The molecule has 0 atom stereocenters. The van der Waals surface area contributed by atoms with Gasteiger partial charge in [0, 0.05) is 17.1 Å². The number of aromatic nitrogens is 1. The Hall–Kier alpha value is -1.88. The molecule has 0 spiro atoms. The van der Waals surface area contributed by atoms with Crippen molar-refractivity contribution < 1.29 is 4.79 Å². The van der Waals surface area contributed by atoms with E-state index in [1.54, 1.807) is 37.5 Å². The minimum absolute atomic E-state index is 0.0888. The molecule has 1 aromatic carbocycles. The highest BCUT2D eigenvalue weighted by Crippen LogP contribution is 2.17. The molecule has 1 heterocycles. The molecule has 0 bridgehead atoms. The van der Waals surface area contributed by atoms with E-state index in [2.05, 4.69) is 20.9 Å². The molecule has 4 nitrogen and oxygen atoms in total. The van der Waals surface area contributed by atoms with Crippen molar-refractivity contribution in [2.75, 3.05) is 17.7 Å². The third kappa shape index (κ3) is 2.68. The number of rotatable bonds is 2. The van der Waals surface area contributed by atoms with Gasteiger partial charge in [-0.15, -0.1) is 0 Å². The molecule has 2 N–H and O–H groups in total. The van der Waals surface area contributed by atoms with Gasteiger partial charge >= 0.3 is 0 Å². The van der Waals surface area contributed by atoms with Gasteiger partial charge in [0.15, 0.2) is 0 Å². The monoisotopic (exact) mass is 305 g/mol. The summed E-state index contributed by atoms with van der Waals surface area (Å²) in [4.78, 5) is 17.7. The number of hydrogen-bond donors (Lipinski definition) is 1. The Balaban J connectivity index is 2.23. The van der Waals surface area contributed by atoms with E-state index in [0.717, 1.165) is 4.47 Å². The first-order valence-electron chi connectivity index (χ1n) is 5.33. The van der Waals surface area contributed by atoms with Gasteiger partial charge in [0.1, 0.15) is 5.82 Å². The van der Waals surface area contributed by atoms with E-state index in [9.17, 15) is 4.79 Å². The molecule has 1 aromatic heterocycles. The largest absolute Gasteiger partial charge is 0.384 e. The summed E-state index contributed by atoms with van der Waals surface area (Å²) in [6.45, 7) is 0. The van der Waals surface area contributed by atoms with Crippen LogP contribution >= 0.6 is 15.9 Å². The Morgan fingerprint density at radius 3 is 2.44 bits per heavy atom. The van der Waals surface area contributed by atoms with Crippen molar-refractivity contribution in [3.05, 3.63) is 52.6 Å². The number of benzene rings is 1. The zero-order chi connectivity index (χ0) is 13.1. The number of hydrogen-bond acceptors (Lipinski definition) is 3. The maximum Gasteiger partial charge on any atom is 0.258 e. The Labute approximate surface area is 114 Å². The SMILES string of the molecule is CN(C(=O)c1ccc(Br)cc1)c1ccc(N)nc1. The van der Waals surface area contributed by atoms with Gasteiger partial charge < -0.3 is 10.6 Å². The third-order valence-corrected chi connectivity index (χ3v) is 3.08. The summed E-state index contributed by atoms with van der Waals surface area (Å²) in [5.41, 5.74) is 6.84. The highest BCUT2D eigenvalue weighted by atomic mass is 79.9. The first-order chi connectivity index (χ1) is 8.58. The van der Waals surface area contributed by atoms with Crippen LogP contribution in [0.5, 0.6) is 0 Å². The van der Waals surface area contributed by atoms with Gasteiger partial charge in [-0.2, -0.15) is 0 Å². The predicted octanol–water partition coefficient (Wildman–Crippen LogP) is 2.70. The van der Waals surface area contributed by atoms with E-state index in [4.69, 9.17) is 5.73 Å². The van der Waals surface area contributed by atoms with Crippen LogP contribution in [0.3, 0.4) is 0 Å². The highest BCUT2D eigenvalue weighted by Gasteiger charge is 2.13. The lowest BCUT2D eigenvalue weighted by Gasteiger charge is -2.17. The van der Waals surface area contributed by atoms with E-state index in [-0.39, 0.29) is 5.91 Å². The van der Waals surface area contributed by atoms with Crippen LogP contribution in [0.1, 0.15) is 10.4 Å². The molecule has 0 aliphatic heterocycles. The van der Waals surface area contributed by atoms with E-state index < -0.39 is 0 Å². The molecule has 2 aromatic rings. The average molecular weight is 306 g/mol. The van der Waals surface area contributed by atoms with Crippen LogP contribution < -0.4 is 10.6 Å². The smallest absolute Gasteiger partial charge is 0.258 e. The van der Waals surface area contributed by atoms with Crippen LogP contribution in [0.15, 0.2) is 47.1 Å². The second kappa shape index (κ2) is 5.18. The number of carbonyl (C=O) groups excluding carboxylic acids is 1. The second-order valence-corrected chi connectivity index (χ2v) is 4.73. The summed E-state index contributed by atoms with van der Waals surface area (Å²) >= 11 is 3.34. The molecule has 5 heteroatoms. The summed E-state index contributed by atoms with van der Waals surface area (Å²) in [5.74, 6) is 0.345. The number of halogens is 1. The number of carbonyl (C=O) groups is 1. The number of amides is 1. The summed E-state index contributed by atoms with van der Waals surface area (Å²) in [5, 5.41) is 0. The molecule has 0 fully saturated rings. The minimum atomic E-state index is -0.0888. The van der Waals surface area contributed by atoms with Gasteiger partial charge in [0.2, 0.25) is 0 Å². The molecule has 2 rings (SSSR count). The Bertz CT molecular complexity index is 551. The summed E-state index contributed by atoms with van der Waals surface area (Å²) in [7, 11) is 1.71. The topological polar surface area (TPSA) is 59.2 Å².